The molecule has 0 aliphatic carbocycles. The minimum atomic E-state index is -0.833. The molecule has 3 nitrogen and oxygen atoms in total. The fourth-order valence-electron chi connectivity index (χ4n) is 0.288. The molecule has 0 spiro atoms. The first-order valence-corrected chi connectivity index (χ1v) is 4.47. The van der Waals surface area contributed by atoms with Crippen molar-refractivity contribution in [2.75, 3.05) is 12.4 Å². The van der Waals surface area contributed by atoms with Crippen molar-refractivity contribution in [1.82, 2.24) is 0 Å². The molecule has 0 atom stereocenters. The molecule has 0 amide bonds. The summed E-state index contributed by atoms with van der Waals surface area (Å²) < 4.78 is 0. The highest BCUT2D eigenvalue weighted by Gasteiger charge is 1.89. The summed E-state index contributed by atoms with van der Waals surface area (Å²) in [7, 11) is 0. The van der Waals surface area contributed by atoms with Crippen LogP contribution >= 0.6 is 11.8 Å². The van der Waals surface area contributed by atoms with E-state index in [4.69, 9.17) is 15.0 Å². The normalized spacial score (nSPS) is 8.82. The van der Waals surface area contributed by atoms with Crippen molar-refractivity contribution >= 4 is 17.7 Å². The molecule has 0 aromatic carbocycles. The minimum Gasteiger partial charge on any atom is -0.481 e. The summed E-state index contributed by atoms with van der Waals surface area (Å²) in [4.78, 5) is 9.00. The van der Waals surface area contributed by atoms with Gasteiger partial charge in [-0.2, -0.15) is 11.8 Å². The number of hydrogen-bond acceptors (Lipinski definition) is 3. The summed E-state index contributed by atoms with van der Waals surface area (Å²) in [5.41, 5.74) is 0. The topological polar surface area (TPSA) is 57.5 Å². The number of carboxylic acid groups (broad SMARTS) is 1. The molecule has 68 valence electrons. The van der Waals surface area contributed by atoms with Gasteiger partial charge >= 0.3 is 0 Å². The maximum Gasteiger partial charge on any atom is 0.300 e. The van der Waals surface area contributed by atoms with Crippen molar-refractivity contribution in [2.45, 2.75) is 26.0 Å². The molecule has 0 fully saturated rings. The molecule has 0 radical (unpaired) electrons. The number of thioether (sulfide) groups is 1. The molecule has 0 saturated heterocycles. The molecule has 0 aliphatic rings. The average Bonchev–Trinajstić information content (AvgIpc) is 1.82. The van der Waals surface area contributed by atoms with E-state index >= 15 is 0 Å². The van der Waals surface area contributed by atoms with Crippen LogP contribution in [0.1, 0.15) is 20.8 Å². The van der Waals surface area contributed by atoms with Crippen molar-refractivity contribution in [1.29, 1.82) is 0 Å². The van der Waals surface area contributed by atoms with Gasteiger partial charge in [0.2, 0.25) is 0 Å². The largest absolute Gasteiger partial charge is 0.481 e. The molecule has 0 bridgehead atoms. The molecule has 0 aliphatic heterocycles. The van der Waals surface area contributed by atoms with Crippen molar-refractivity contribution in [3.63, 3.8) is 0 Å². The van der Waals surface area contributed by atoms with Crippen LogP contribution in [0.3, 0.4) is 0 Å². The fourth-order valence-corrected chi connectivity index (χ4v) is 0.865. The second-order valence-electron chi connectivity index (χ2n) is 2.16. The van der Waals surface area contributed by atoms with E-state index in [1.165, 1.54) is 0 Å². The predicted octanol–water partition coefficient (Wildman–Crippen LogP) is 1.21. The van der Waals surface area contributed by atoms with E-state index in [2.05, 4.69) is 13.8 Å². The van der Waals surface area contributed by atoms with E-state index in [0.717, 1.165) is 12.7 Å². The lowest BCUT2D eigenvalue weighted by Gasteiger charge is -1.98. The van der Waals surface area contributed by atoms with Gasteiger partial charge in [0.05, 0.1) is 6.61 Å². The quantitative estimate of drug-likeness (QED) is 0.685. The van der Waals surface area contributed by atoms with E-state index < -0.39 is 5.97 Å². The van der Waals surface area contributed by atoms with Gasteiger partial charge in [-0.05, 0) is 5.25 Å². The van der Waals surface area contributed by atoms with Crippen LogP contribution in [-0.4, -0.2) is 33.8 Å². The molecule has 0 rings (SSSR count). The first-order valence-electron chi connectivity index (χ1n) is 3.42. The zero-order valence-corrected chi connectivity index (χ0v) is 8.02. The van der Waals surface area contributed by atoms with Crippen molar-refractivity contribution in [3.05, 3.63) is 0 Å². The average molecular weight is 180 g/mol. The van der Waals surface area contributed by atoms with Gasteiger partial charge in [0.15, 0.2) is 0 Å². The Morgan fingerprint density at radius 3 is 2.00 bits per heavy atom. The molecule has 0 aromatic heterocycles. The van der Waals surface area contributed by atoms with E-state index in [9.17, 15) is 0 Å². The van der Waals surface area contributed by atoms with E-state index in [1.54, 1.807) is 11.8 Å². The SMILES string of the molecule is CC(=O)O.CC(C)SCCO. The molecule has 0 saturated carbocycles. The molecule has 11 heavy (non-hydrogen) atoms. The van der Waals surface area contributed by atoms with Crippen LogP contribution in [0, 0.1) is 0 Å². The zero-order valence-electron chi connectivity index (χ0n) is 7.20. The van der Waals surface area contributed by atoms with Gasteiger partial charge in [-0.3, -0.25) is 4.79 Å². The number of aliphatic carboxylic acids is 1. The molecule has 0 heterocycles. The van der Waals surface area contributed by atoms with Crippen molar-refractivity contribution in [3.8, 4) is 0 Å². The molecule has 0 aromatic rings. The van der Waals surface area contributed by atoms with Gasteiger partial charge in [-0.1, -0.05) is 13.8 Å². The second kappa shape index (κ2) is 9.78. The molecule has 4 heteroatoms. The van der Waals surface area contributed by atoms with E-state index in [1.807, 2.05) is 0 Å². The third kappa shape index (κ3) is 41.4. The van der Waals surface area contributed by atoms with Crippen LogP contribution in [0.2, 0.25) is 0 Å². The first-order chi connectivity index (χ1) is 5.00. The number of hydrogen-bond donors (Lipinski definition) is 2. The highest BCUT2D eigenvalue weighted by atomic mass is 32.2. The number of carboxylic acids is 1. The van der Waals surface area contributed by atoms with Gasteiger partial charge in [-0.25, -0.2) is 0 Å². The Bertz CT molecular complexity index is 89.7. The van der Waals surface area contributed by atoms with Crippen LogP contribution in [0.25, 0.3) is 0 Å². The highest BCUT2D eigenvalue weighted by Crippen LogP contribution is 2.06. The Labute approximate surface area is 71.8 Å². The predicted molar refractivity (Wildman–Crippen MR) is 48.0 cm³/mol. The monoisotopic (exact) mass is 180 g/mol. The van der Waals surface area contributed by atoms with Crippen LogP contribution in [-0.2, 0) is 4.79 Å². The van der Waals surface area contributed by atoms with Gasteiger partial charge in [-0.15, -0.1) is 0 Å². The molecule has 2 N–H and O–H groups in total. The van der Waals surface area contributed by atoms with Crippen LogP contribution in [0.15, 0.2) is 0 Å². The van der Waals surface area contributed by atoms with Gasteiger partial charge in [0, 0.05) is 12.7 Å². The maximum atomic E-state index is 9.00. The summed E-state index contributed by atoms with van der Waals surface area (Å²) >= 11 is 1.78. The third-order valence-corrected chi connectivity index (χ3v) is 1.63. The molecular weight excluding hydrogens is 164 g/mol. The Kier molecular flexibility index (Phi) is 11.9. The van der Waals surface area contributed by atoms with Crippen LogP contribution in [0.4, 0.5) is 0 Å². The van der Waals surface area contributed by atoms with E-state index in [0.29, 0.717) is 11.9 Å². The van der Waals surface area contributed by atoms with Gasteiger partial charge in [0.1, 0.15) is 0 Å². The number of aliphatic hydroxyl groups excluding tert-OH is 1. The lowest BCUT2D eigenvalue weighted by molar-refractivity contribution is -0.134. The number of carbonyl (C=O) groups is 1. The van der Waals surface area contributed by atoms with Gasteiger partial charge < -0.3 is 10.2 Å². The lowest BCUT2D eigenvalue weighted by Crippen LogP contribution is -1.92. The van der Waals surface area contributed by atoms with Gasteiger partial charge in [0.25, 0.3) is 5.97 Å². The smallest absolute Gasteiger partial charge is 0.300 e. The Balaban J connectivity index is 0. The zero-order chi connectivity index (χ0) is 9.28. The summed E-state index contributed by atoms with van der Waals surface area (Å²) in [6.07, 6.45) is 0. The Morgan fingerprint density at radius 1 is 1.55 bits per heavy atom. The summed E-state index contributed by atoms with van der Waals surface area (Å²) in [6, 6.07) is 0. The first kappa shape index (κ1) is 13.4. The number of aliphatic hydroxyl groups is 1. The summed E-state index contributed by atoms with van der Waals surface area (Å²) in [5, 5.41) is 16.4. The van der Waals surface area contributed by atoms with E-state index in [-0.39, 0.29) is 0 Å². The maximum absolute atomic E-state index is 9.00. The highest BCUT2D eigenvalue weighted by molar-refractivity contribution is 7.99. The standard InChI is InChI=1S/C5H12OS.C2H4O2/c1-5(2)7-4-3-6;1-2(3)4/h5-6H,3-4H2,1-2H3;1H3,(H,3,4). The third-order valence-electron chi connectivity index (χ3n) is 0.542. The second-order valence-corrected chi connectivity index (χ2v) is 3.85. The van der Waals surface area contributed by atoms with Crippen LogP contribution < -0.4 is 0 Å². The fraction of sp³-hybridized carbons (Fsp3) is 0.857. The van der Waals surface area contributed by atoms with Crippen LogP contribution in [0.5, 0.6) is 0 Å². The van der Waals surface area contributed by atoms with Crippen molar-refractivity contribution < 1.29 is 15.0 Å². The molecule has 0 unspecified atom stereocenters. The lowest BCUT2D eigenvalue weighted by atomic mass is 10.6. The van der Waals surface area contributed by atoms with Crippen molar-refractivity contribution in [2.24, 2.45) is 0 Å². The Morgan fingerprint density at radius 2 is 1.91 bits per heavy atom. The summed E-state index contributed by atoms with van der Waals surface area (Å²) in [6.45, 7) is 5.64. The number of rotatable bonds is 3. The summed E-state index contributed by atoms with van der Waals surface area (Å²) in [5.74, 6) is 0.0394. The molecular formula is C7H16O3S. The minimum absolute atomic E-state index is 0.308. The Hall–Kier alpha value is -0.220.